The van der Waals surface area contributed by atoms with E-state index in [0.29, 0.717) is 13.0 Å². The molecule has 0 bridgehead atoms. The van der Waals surface area contributed by atoms with Crippen molar-refractivity contribution in [3.63, 3.8) is 0 Å². The van der Waals surface area contributed by atoms with Crippen LogP contribution in [-0.2, 0) is 11.2 Å². The third-order valence-electron chi connectivity index (χ3n) is 2.35. The van der Waals surface area contributed by atoms with Gasteiger partial charge in [-0.3, -0.25) is 4.79 Å². The summed E-state index contributed by atoms with van der Waals surface area (Å²) in [4.78, 5) is 13.0. The minimum absolute atomic E-state index is 0.0309. The lowest BCUT2D eigenvalue weighted by molar-refractivity contribution is -0.116. The van der Waals surface area contributed by atoms with Crippen molar-refractivity contribution in [3.05, 3.63) is 29.6 Å². The number of anilines is 1. The van der Waals surface area contributed by atoms with Gasteiger partial charge in [-0.05, 0) is 30.2 Å². The summed E-state index contributed by atoms with van der Waals surface area (Å²) in [5, 5.41) is 0. The van der Waals surface area contributed by atoms with E-state index in [4.69, 9.17) is 11.6 Å². The molecule has 4 heteroatoms. The van der Waals surface area contributed by atoms with Crippen molar-refractivity contribution in [1.82, 2.24) is 0 Å². The van der Waals surface area contributed by atoms with Crippen molar-refractivity contribution in [2.75, 3.05) is 17.3 Å². The molecule has 1 aromatic carbocycles. The van der Waals surface area contributed by atoms with Crippen molar-refractivity contribution in [3.8, 4) is 0 Å². The summed E-state index contributed by atoms with van der Waals surface area (Å²) in [7, 11) is 0. The molecule has 1 aliphatic heterocycles. The number of rotatable bonds is 1. The quantitative estimate of drug-likeness (QED) is 0.653. The van der Waals surface area contributed by atoms with Gasteiger partial charge in [0.1, 0.15) is 11.7 Å². The number of carbonyl (C=O) groups excluding carboxylic acids is 1. The first kappa shape index (κ1) is 9.46. The molecule has 1 heterocycles. The number of nitrogens with zero attached hydrogens (tertiary/aromatic N) is 1. The standard InChI is InChI=1S/C10H9ClFNO/c11-6-10(14)13-4-3-7-5-8(12)1-2-9(7)13/h1-2,5H,3-4,6H2. The molecule has 2 rings (SSSR count). The molecule has 1 aromatic rings. The number of alkyl halides is 1. The maximum Gasteiger partial charge on any atom is 0.241 e. The average molecular weight is 214 g/mol. The van der Waals surface area contributed by atoms with Crippen molar-refractivity contribution in [2.24, 2.45) is 0 Å². The van der Waals surface area contributed by atoms with Crippen LogP contribution >= 0.6 is 11.6 Å². The summed E-state index contributed by atoms with van der Waals surface area (Å²) in [6.07, 6.45) is 0.704. The first-order chi connectivity index (χ1) is 6.72. The highest BCUT2D eigenvalue weighted by molar-refractivity contribution is 6.29. The lowest BCUT2D eigenvalue weighted by Gasteiger charge is -2.15. The molecule has 0 unspecified atom stereocenters. The molecule has 0 aliphatic carbocycles. The Morgan fingerprint density at radius 2 is 2.36 bits per heavy atom. The van der Waals surface area contributed by atoms with Gasteiger partial charge in [0.15, 0.2) is 0 Å². The topological polar surface area (TPSA) is 20.3 Å². The second-order valence-electron chi connectivity index (χ2n) is 3.20. The Morgan fingerprint density at radius 3 is 3.07 bits per heavy atom. The monoisotopic (exact) mass is 213 g/mol. The second-order valence-corrected chi connectivity index (χ2v) is 3.47. The largest absolute Gasteiger partial charge is 0.311 e. The molecular formula is C10H9ClFNO. The van der Waals surface area contributed by atoms with Crippen LogP contribution in [-0.4, -0.2) is 18.3 Å². The Labute approximate surface area is 86.3 Å². The van der Waals surface area contributed by atoms with Gasteiger partial charge in [0, 0.05) is 12.2 Å². The van der Waals surface area contributed by atoms with Crippen molar-refractivity contribution in [1.29, 1.82) is 0 Å². The van der Waals surface area contributed by atoms with Crippen LogP contribution < -0.4 is 4.90 Å². The molecule has 2 nitrogen and oxygen atoms in total. The fourth-order valence-electron chi connectivity index (χ4n) is 1.70. The minimum Gasteiger partial charge on any atom is -0.311 e. The summed E-state index contributed by atoms with van der Waals surface area (Å²) < 4.78 is 12.8. The Balaban J connectivity index is 2.35. The van der Waals surface area contributed by atoms with E-state index >= 15 is 0 Å². The number of benzene rings is 1. The fourth-order valence-corrected chi connectivity index (χ4v) is 1.85. The molecule has 0 radical (unpaired) electrons. The van der Waals surface area contributed by atoms with Crippen molar-refractivity contribution >= 4 is 23.2 Å². The Bertz CT molecular complexity index is 380. The predicted octanol–water partition coefficient (Wildman–Crippen LogP) is 1.95. The number of amides is 1. The SMILES string of the molecule is O=C(CCl)N1CCc2cc(F)ccc21. The molecule has 1 amide bonds. The highest BCUT2D eigenvalue weighted by Crippen LogP contribution is 2.28. The first-order valence-electron chi connectivity index (χ1n) is 4.37. The van der Waals surface area contributed by atoms with E-state index in [1.165, 1.54) is 12.1 Å². The summed E-state index contributed by atoms with van der Waals surface area (Å²) in [6.45, 7) is 0.602. The van der Waals surface area contributed by atoms with E-state index in [2.05, 4.69) is 0 Å². The van der Waals surface area contributed by atoms with Gasteiger partial charge in [-0.1, -0.05) is 0 Å². The summed E-state index contributed by atoms with van der Waals surface area (Å²) in [5.41, 5.74) is 1.67. The lowest BCUT2D eigenvalue weighted by atomic mass is 10.2. The minimum atomic E-state index is -0.260. The number of hydrogen-bond donors (Lipinski definition) is 0. The number of fused-ring (bicyclic) bond motifs is 1. The van der Waals surface area contributed by atoms with Crippen molar-refractivity contribution < 1.29 is 9.18 Å². The van der Waals surface area contributed by atoms with Crippen LogP contribution in [0.2, 0.25) is 0 Å². The molecule has 0 saturated carbocycles. The summed E-state index contributed by atoms with van der Waals surface area (Å²) >= 11 is 5.46. The van der Waals surface area contributed by atoms with Crippen LogP contribution in [0, 0.1) is 5.82 Å². The molecule has 14 heavy (non-hydrogen) atoms. The van der Waals surface area contributed by atoms with Gasteiger partial charge in [0.05, 0.1) is 0 Å². The highest BCUT2D eigenvalue weighted by atomic mass is 35.5. The first-order valence-corrected chi connectivity index (χ1v) is 4.90. The van der Waals surface area contributed by atoms with Crippen LogP contribution in [0.1, 0.15) is 5.56 Å². The third-order valence-corrected chi connectivity index (χ3v) is 2.58. The van der Waals surface area contributed by atoms with Crippen molar-refractivity contribution in [2.45, 2.75) is 6.42 Å². The van der Waals surface area contributed by atoms with Crippen LogP contribution in [0.3, 0.4) is 0 Å². The number of carbonyl (C=O) groups is 1. The molecule has 0 saturated heterocycles. The van der Waals surface area contributed by atoms with Gasteiger partial charge >= 0.3 is 0 Å². The zero-order valence-corrected chi connectivity index (χ0v) is 8.22. The maximum absolute atomic E-state index is 12.8. The summed E-state index contributed by atoms with van der Waals surface area (Å²) in [6, 6.07) is 4.46. The van der Waals surface area contributed by atoms with E-state index in [1.807, 2.05) is 0 Å². The van der Waals surface area contributed by atoms with E-state index < -0.39 is 0 Å². The maximum atomic E-state index is 12.8. The van der Waals surface area contributed by atoms with Gasteiger partial charge in [-0.2, -0.15) is 0 Å². The molecule has 0 aromatic heterocycles. The average Bonchev–Trinajstić information content (AvgIpc) is 2.59. The third kappa shape index (κ3) is 1.48. The van der Waals surface area contributed by atoms with Gasteiger partial charge in [0.2, 0.25) is 5.91 Å². The van der Waals surface area contributed by atoms with Gasteiger partial charge < -0.3 is 4.90 Å². The van der Waals surface area contributed by atoms with E-state index in [0.717, 1.165) is 11.3 Å². The highest BCUT2D eigenvalue weighted by Gasteiger charge is 2.23. The Hall–Kier alpha value is -1.09. The molecule has 74 valence electrons. The number of hydrogen-bond acceptors (Lipinski definition) is 1. The normalized spacial score (nSPS) is 14.3. The molecule has 1 aliphatic rings. The number of halogens is 2. The van der Waals surface area contributed by atoms with E-state index in [1.54, 1.807) is 11.0 Å². The Morgan fingerprint density at radius 1 is 1.57 bits per heavy atom. The van der Waals surface area contributed by atoms with E-state index in [-0.39, 0.29) is 17.6 Å². The lowest BCUT2D eigenvalue weighted by Crippen LogP contribution is -2.29. The zero-order valence-electron chi connectivity index (χ0n) is 7.46. The van der Waals surface area contributed by atoms with Crippen LogP contribution in [0.25, 0.3) is 0 Å². The van der Waals surface area contributed by atoms with Crippen LogP contribution in [0.15, 0.2) is 18.2 Å². The molecule has 0 fully saturated rings. The van der Waals surface area contributed by atoms with E-state index in [9.17, 15) is 9.18 Å². The van der Waals surface area contributed by atoms with Gasteiger partial charge in [-0.25, -0.2) is 4.39 Å². The smallest absolute Gasteiger partial charge is 0.241 e. The van der Waals surface area contributed by atoms with Gasteiger partial charge in [-0.15, -0.1) is 11.6 Å². The zero-order chi connectivity index (χ0) is 10.1. The second kappa shape index (κ2) is 3.58. The van der Waals surface area contributed by atoms with Gasteiger partial charge in [0.25, 0.3) is 0 Å². The van der Waals surface area contributed by atoms with Crippen LogP contribution in [0.4, 0.5) is 10.1 Å². The molecule has 0 atom stereocenters. The predicted molar refractivity (Wildman–Crippen MR) is 53.2 cm³/mol. The molecular weight excluding hydrogens is 205 g/mol. The molecule has 0 spiro atoms. The fraction of sp³-hybridized carbons (Fsp3) is 0.300. The summed E-state index contributed by atoms with van der Waals surface area (Å²) in [5.74, 6) is -0.419. The molecule has 0 N–H and O–H groups in total. The van der Waals surface area contributed by atoms with Crippen LogP contribution in [0.5, 0.6) is 0 Å². The Kier molecular flexibility index (Phi) is 2.42.